The second-order valence-corrected chi connectivity index (χ2v) is 5.40. The van der Waals surface area contributed by atoms with Gasteiger partial charge in [-0.05, 0) is 34.4 Å². The van der Waals surface area contributed by atoms with Crippen molar-refractivity contribution in [2.75, 3.05) is 0 Å². The molecule has 0 fully saturated rings. The number of nitrogens with two attached hydrogens (primary N) is 2. The molecule has 0 saturated carbocycles. The topological polar surface area (TPSA) is 86.2 Å². The van der Waals surface area contributed by atoms with E-state index in [1.54, 1.807) is 12.1 Å². The SMILES string of the molecule is NC(=O)c1cccc(-c2cccc(-c3ccccc3)c2)c1C(N)=O. The molecule has 3 rings (SSSR count). The van der Waals surface area contributed by atoms with Crippen LogP contribution in [0.3, 0.4) is 0 Å². The number of rotatable bonds is 4. The molecule has 0 aliphatic rings. The number of amides is 2. The van der Waals surface area contributed by atoms with E-state index >= 15 is 0 Å². The summed E-state index contributed by atoms with van der Waals surface area (Å²) in [5.41, 5.74) is 14.6. The van der Waals surface area contributed by atoms with Crippen LogP contribution in [0.15, 0.2) is 72.8 Å². The summed E-state index contributed by atoms with van der Waals surface area (Å²) in [6.07, 6.45) is 0. The maximum Gasteiger partial charge on any atom is 0.250 e. The molecule has 0 aliphatic carbocycles. The Morgan fingerprint density at radius 3 is 1.92 bits per heavy atom. The zero-order valence-electron chi connectivity index (χ0n) is 12.9. The van der Waals surface area contributed by atoms with E-state index in [1.165, 1.54) is 6.07 Å². The zero-order valence-corrected chi connectivity index (χ0v) is 12.9. The van der Waals surface area contributed by atoms with Gasteiger partial charge in [0.1, 0.15) is 0 Å². The number of carbonyl (C=O) groups excluding carboxylic acids is 2. The Morgan fingerprint density at radius 1 is 0.625 bits per heavy atom. The second kappa shape index (κ2) is 6.38. The van der Waals surface area contributed by atoms with Crippen molar-refractivity contribution in [1.29, 1.82) is 0 Å². The van der Waals surface area contributed by atoms with Gasteiger partial charge in [0.15, 0.2) is 0 Å². The van der Waals surface area contributed by atoms with Gasteiger partial charge >= 0.3 is 0 Å². The van der Waals surface area contributed by atoms with E-state index < -0.39 is 11.8 Å². The number of hydrogen-bond acceptors (Lipinski definition) is 2. The molecule has 24 heavy (non-hydrogen) atoms. The van der Waals surface area contributed by atoms with Crippen molar-refractivity contribution < 1.29 is 9.59 Å². The lowest BCUT2D eigenvalue weighted by atomic mass is 9.92. The first kappa shape index (κ1) is 15.5. The molecule has 0 heterocycles. The van der Waals surface area contributed by atoms with Crippen molar-refractivity contribution in [3.05, 3.63) is 83.9 Å². The van der Waals surface area contributed by atoms with Crippen LogP contribution >= 0.6 is 0 Å². The quantitative estimate of drug-likeness (QED) is 0.774. The Morgan fingerprint density at radius 2 is 1.25 bits per heavy atom. The molecule has 0 aromatic heterocycles. The van der Waals surface area contributed by atoms with Crippen LogP contribution in [0.5, 0.6) is 0 Å². The maximum absolute atomic E-state index is 11.9. The van der Waals surface area contributed by atoms with E-state index in [2.05, 4.69) is 0 Å². The second-order valence-electron chi connectivity index (χ2n) is 5.40. The van der Waals surface area contributed by atoms with E-state index in [0.717, 1.165) is 16.7 Å². The van der Waals surface area contributed by atoms with Crippen molar-refractivity contribution in [1.82, 2.24) is 0 Å². The Hall–Kier alpha value is -3.40. The van der Waals surface area contributed by atoms with Crippen molar-refractivity contribution in [3.63, 3.8) is 0 Å². The highest BCUT2D eigenvalue weighted by Crippen LogP contribution is 2.30. The van der Waals surface area contributed by atoms with Crippen LogP contribution in [0.1, 0.15) is 20.7 Å². The predicted octanol–water partition coefficient (Wildman–Crippen LogP) is 3.22. The third kappa shape index (κ3) is 2.90. The Bertz CT molecular complexity index is 918. The minimum atomic E-state index is -0.676. The summed E-state index contributed by atoms with van der Waals surface area (Å²) < 4.78 is 0. The van der Waals surface area contributed by atoms with Crippen molar-refractivity contribution in [2.24, 2.45) is 11.5 Å². The lowest BCUT2D eigenvalue weighted by molar-refractivity contribution is 0.0968. The molecule has 0 saturated heterocycles. The van der Waals surface area contributed by atoms with Gasteiger partial charge < -0.3 is 11.5 Å². The minimum Gasteiger partial charge on any atom is -0.366 e. The lowest BCUT2D eigenvalue weighted by Gasteiger charge is -2.12. The van der Waals surface area contributed by atoms with E-state index in [4.69, 9.17) is 11.5 Å². The largest absolute Gasteiger partial charge is 0.366 e. The molecule has 2 amide bonds. The van der Waals surface area contributed by atoms with Gasteiger partial charge in [0.2, 0.25) is 11.8 Å². The first-order chi connectivity index (χ1) is 11.6. The molecule has 3 aromatic rings. The van der Waals surface area contributed by atoms with Crippen LogP contribution in [0.25, 0.3) is 22.3 Å². The number of hydrogen-bond donors (Lipinski definition) is 2. The molecule has 4 N–H and O–H groups in total. The summed E-state index contributed by atoms with van der Waals surface area (Å²) in [7, 11) is 0. The summed E-state index contributed by atoms with van der Waals surface area (Å²) in [5, 5.41) is 0. The maximum atomic E-state index is 11.9. The number of primary amides is 2. The molecule has 3 aromatic carbocycles. The smallest absolute Gasteiger partial charge is 0.250 e. The number of carbonyl (C=O) groups is 2. The van der Waals surface area contributed by atoms with E-state index in [1.807, 2.05) is 54.6 Å². The first-order valence-corrected chi connectivity index (χ1v) is 7.46. The molecule has 0 atom stereocenters. The van der Waals surface area contributed by atoms with Crippen molar-refractivity contribution in [2.45, 2.75) is 0 Å². The van der Waals surface area contributed by atoms with Crippen LogP contribution in [0.4, 0.5) is 0 Å². The molecule has 4 nitrogen and oxygen atoms in total. The molecular formula is C20H16N2O2. The summed E-state index contributed by atoms with van der Waals surface area (Å²) in [6, 6.07) is 22.6. The average molecular weight is 316 g/mol. The van der Waals surface area contributed by atoms with Crippen molar-refractivity contribution in [3.8, 4) is 22.3 Å². The summed E-state index contributed by atoms with van der Waals surface area (Å²) in [4.78, 5) is 23.5. The standard InChI is InChI=1S/C20H16N2O2/c21-19(23)17-11-5-10-16(18(17)20(22)24)15-9-4-8-14(12-15)13-6-2-1-3-7-13/h1-12H,(H2,21,23)(H2,22,24). The molecule has 4 heteroatoms. The fourth-order valence-electron chi connectivity index (χ4n) is 2.76. The Balaban J connectivity index is 2.19. The lowest BCUT2D eigenvalue weighted by Crippen LogP contribution is -2.21. The molecule has 0 bridgehead atoms. The number of benzene rings is 3. The van der Waals surface area contributed by atoms with Gasteiger partial charge in [0.05, 0.1) is 11.1 Å². The van der Waals surface area contributed by atoms with Crippen LogP contribution in [-0.4, -0.2) is 11.8 Å². The third-order valence-electron chi connectivity index (χ3n) is 3.86. The van der Waals surface area contributed by atoms with Crippen LogP contribution in [-0.2, 0) is 0 Å². The van der Waals surface area contributed by atoms with Gasteiger partial charge in [-0.3, -0.25) is 9.59 Å². The van der Waals surface area contributed by atoms with Gasteiger partial charge in [-0.1, -0.05) is 60.7 Å². The fourth-order valence-corrected chi connectivity index (χ4v) is 2.76. The highest BCUT2D eigenvalue weighted by molar-refractivity contribution is 6.10. The Labute approximate surface area is 139 Å². The van der Waals surface area contributed by atoms with Crippen LogP contribution in [0, 0.1) is 0 Å². The van der Waals surface area contributed by atoms with Gasteiger partial charge in [0.25, 0.3) is 0 Å². The van der Waals surface area contributed by atoms with Crippen LogP contribution < -0.4 is 11.5 Å². The summed E-state index contributed by atoms with van der Waals surface area (Å²) in [5.74, 6) is -1.35. The monoisotopic (exact) mass is 316 g/mol. The molecule has 118 valence electrons. The van der Waals surface area contributed by atoms with Gasteiger partial charge in [0, 0.05) is 0 Å². The summed E-state index contributed by atoms with van der Waals surface area (Å²) in [6.45, 7) is 0. The average Bonchev–Trinajstić information content (AvgIpc) is 2.61. The minimum absolute atomic E-state index is 0.130. The van der Waals surface area contributed by atoms with Crippen molar-refractivity contribution >= 4 is 11.8 Å². The first-order valence-electron chi connectivity index (χ1n) is 7.46. The van der Waals surface area contributed by atoms with Gasteiger partial charge in [-0.15, -0.1) is 0 Å². The van der Waals surface area contributed by atoms with E-state index in [0.29, 0.717) is 5.56 Å². The van der Waals surface area contributed by atoms with Gasteiger partial charge in [-0.2, -0.15) is 0 Å². The molecule has 0 radical (unpaired) electrons. The predicted molar refractivity (Wildman–Crippen MR) is 94.3 cm³/mol. The third-order valence-corrected chi connectivity index (χ3v) is 3.86. The highest BCUT2D eigenvalue weighted by atomic mass is 16.2. The highest BCUT2D eigenvalue weighted by Gasteiger charge is 2.18. The van der Waals surface area contributed by atoms with Gasteiger partial charge in [-0.25, -0.2) is 0 Å². The van der Waals surface area contributed by atoms with E-state index in [9.17, 15) is 9.59 Å². The molecule has 0 unspecified atom stereocenters. The normalized spacial score (nSPS) is 10.3. The molecule has 0 spiro atoms. The van der Waals surface area contributed by atoms with E-state index in [-0.39, 0.29) is 11.1 Å². The summed E-state index contributed by atoms with van der Waals surface area (Å²) >= 11 is 0. The fraction of sp³-hybridized carbons (Fsp3) is 0. The molecule has 0 aliphatic heterocycles. The Kier molecular flexibility index (Phi) is 4.12. The molecular weight excluding hydrogens is 300 g/mol. The van der Waals surface area contributed by atoms with Crippen LogP contribution in [0.2, 0.25) is 0 Å². The zero-order chi connectivity index (χ0) is 17.1.